The van der Waals surface area contributed by atoms with Crippen LogP contribution in [0.2, 0.25) is 0 Å². The van der Waals surface area contributed by atoms with Crippen molar-refractivity contribution in [3.63, 3.8) is 0 Å². The Balaban J connectivity index is 2.04. The first kappa shape index (κ1) is 12.1. The van der Waals surface area contributed by atoms with Crippen LogP contribution in [0.5, 0.6) is 0 Å². The lowest BCUT2D eigenvalue weighted by Crippen LogP contribution is -2.13. The highest BCUT2D eigenvalue weighted by Gasteiger charge is 2.10. The van der Waals surface area contributed by atoms with Crippen molar-refractivity contribution in [1.29, 1.82) is 0 Å². The molecule has 18 heavy (non-hydrogen) atoms. The molecule has 2 heterocycles. The van der Waals surface area contributed by atoms with Gasteiger partial charge in [0.1, 0.15) is 5.69 Å². The van der Waals surface area contributed by atoms with E-state index in [2.05, 4.69) is 20.8 Å². The van der Waals surface area contributed by atoms with Gasteiger partial charge in [0.25, 0.3) is 5.91 Å². The van der Waals surface area contributed by atoms with Gasteiger partial charge >= 0.3 is 0 Å². The second kappa shape index (κ2) is 5.31. The van der Waals surface area contributed by atoms with Gasteiger partial charge in [-0.3, -0.25) is 10.1 Å². The molecule has 0 radical (unpaired) electrons. The number of carbonyl (C=O) groups excluding carboxylic acids is 1. The van der Waals surface area contributed by atoms with Crippen LogP contribution in [0.1, 0.15) is 23.1 Å². The molecule has 2 aromatic heterocycles. The van der Waals surface area contributed by atoms with Crippen LogP contribution in [0.15, 0.2) is 28.9 Å². The molecule has 6 heteroatoms. The van der Waals surface area contributed by atoms with E-state index in [4.69, 9.17) is 4.52 Å². The number of nitrogens with zero attached hydrogens (tertiary/aromatic N) is 2. The molecule has 0 saturated heterocycles. The molecule has 0 spiro atoms. The summed E-state index contributed by atoms with van der Waals surface area (Å²) in [6.45, 7) is 4.58. The molecule has 0 bridgehead atoms. The lowest BCUT2D eigenvalue weighted by atomic mass is 10.3. The average molecular weight is 246 g/mol. The Kier molecular flexibility index (Phi) is 3.57. The van der Waals surface area contributed by atoms with Gasteiger partial charge in [-0.15, -0.1) is 0 Å². The standard InChI is InChI=1S/C12H14N4O2/c1-3-13-9-4-5-10(14-7-9)12(17)15-11-6-8(2)16-18-11/h4-7,13H,3H2,1-2H3,(H,15,17). The smallest absolute Gasteiger partial charge is 0.276 e. The van der Waals surface area contributed by atoms with Crippen molar-refractivity contribution < 1.29 is 9.32 Å². The molecular formula is C12H14N4O2. The summed E-state index contributed by atoms with van der Waals surface area (Å²) < 4.78 is 4.90. The largest absolute Gasteiger partial charge is 0.384 e. The topological polar surface area (TPSA) is 80.0 Å². The number of anilines is 2. The zero-order valence-electron chi connectivity index (χ0n) is 10.2. The molecule has 6 nitrogen and oxygen atoms in total. The summed E-state index contributed by atoms with van der Waals surface area (Å²) in [5.74, 6) is -0.00995. The molecule has 0 fully saturated rings. The van der Waals surface area contributed by atoms with E-state index in [-0.39, 0.29) is 5.91 Å². The average Bonchev–Trinajstić information content (AvgIpc) is 2.76. The second-order valence-corrected chi connectivity index (χ2v) is 3.75. The van der Waals surface area contributed by atoms with Crippen LogP contribution in [0.4, 0.5) is 11.6 Å². The van der Waals surface area contributed by atoms with Crippen molar-refractivity contribution in [2.45, 2.75) is 13.8 Å². The molecule has 0 aliphatic heterocycles. The molecule has 0 aromatic carbocycles. The SMILES string of the molecule is CCNc1ccc(C(=O)Nc2cc(C)no2)nc1. The lowest BCUT2D eigenvalue weighted by Gasteiger charge is -2.03. The number of aromatic nitrogens is 2. The highest BCUT2D eigenvalue weighted by Crippen LogP contribution is 2.11. The quantitative estimate of drug-likeness (QED) is 0.863. The summed E-state index contributed by atoms with van der Waals surface area (Å²) in [6.07, 6.45) is 1.62. The van der Waals surface area contributed by atoms with Crippen LogP contribution in [0, 0.1) is 6.92 Å². The summed E-state index contributed by atoms with van der Waals surface area (Å²) in [4.78, 5) is 15.9. The summed E-state index contributed by atoms with van der Waals surface area (Å²) in [7, 11) is 0. The van der Waals surface area contributed by atoms with Crippen LogP contribution in [0.3, 0.4) is 0 Å². The van der Waals surface area contributed by atoms with Crippen LogP contribution in [0.25, 0.3) is 0 Å². The highest BCUT2D eigenvalue weighted by atomic mass is 16.5. The molecule has 0 aliphatic carbocycles. The Hall–Kier alpha value is -2.37. The maximum absolute atomic E-state index is 11.8. The third-order valence-corrected chi connectivity index (χ3v) is 2.24. The molecular weight excluding hydrogens is 232 g/mol. The Morgan fingerprint density at radius 2 is 2.28 bits per heavy atom. The van der Waals surface area contributed by atoms with Gasteiger partial charge in [-0.25, -0.2) is 4.98 Å². The van der Waals surface area contributed by atoms with Crippen molar-refractivity contribution in [2.75, 3.05) is 17.2 Å². The van der Waals surface area contributed by atoms with Gasteiger partial charge in [0.2, 0.25) is 5.88 Å². The minimum atomic E-state index is -0.325. The van der Waals surface area contributed by atoms with Crippen LogP contribution in [-0.4, -0.2) is 22.6 Å². The summed E-state index contributed by atoms with van der Waals surface area (Å²) in [5.41, 5.74) is 1.91. The Morgan fingerprint density at radius 1 is 1.44 bits per heavy atom. The predicted molar refractivity (Wildman–Crippen MR) is 67.6 cm³/mol. The zero-order valence-corrected chi connectivity index (χ0v) is 10.2. The molecule has 1 amide bonds. The summed E-state index contributed by atoms with van der Waals surface area (Å²) >= 11 is 0. The fourth-order valence-electron chi connectivity index (χ4n) is 1.44. The Morgan fingerprint density at radius 3 is 2.83 bits per heavy atom. The predicted octanol–water partition coefficient (Wildman–Crippen LogP) is 2.06. The number of nitrogens with one attached hydrogen (secondary N) is 2. The first-order valence-corrected chi connectivity index (χ1v) is 5.63. The van der Waals surface area contributed by atoms with Crippen molar-refractivity contribution in [3.8, 4) is 0 Å². The molecule has 2 N–H and O–H groups in total. The van der Waals surface area contributed by atoms with Crippen molar-refractivity contribution in [1.82, 2.24) is 10.1 Å². The van der Waals surface area contributed by atoms with Gasteiger partial charge in [-0.1, -0.05) is 5.16 Å². The fraction of sp³-hybridized carbons (Fsp3) is 0.250. The summed E-state index contributed by atoms with van der Waals surface area (Å²) in [5, 5.41) is 9.37. The first-order valence-electron chi connectivity index (χ1n) is 5.63. The van der Waals surface area contributed by atoms with Gasteiger partial charge < -0.3 is 9.84 Å². The van der Waals surface area contributed by atoms with E-state index in [1.54, 1.807) is 31.3 Å². The monoisotopic (exact) mass is 246 g/mol. The van der Waals surface area contributed by atoms with Gasteiger partial charge in [0.15, 0.2) is 0 Å². The molecule has 94 valence electrons. The number of hydrogen-bond donors (Lipinski definition) is 2. The van der Waals surface area contributed by atoms with Gasteiger partial charge in [-0.2, -0.15) is 0 Å². The van der Waals surface area contributed by atoms with Gasteiger partial charge in [0, 0.05) is 12.6 Å². The van der Waals surface area contributed by atoms with E-state index in [0.29, 0.717) is 17.3 Å². The normalized spacial score (nSPS) is 10.1. The number of pyridine rings is 1. The Bertz CT molecular complexity index is 533. The van der Waals surface area contributed by atoms with E-state index in [1.807, 2.05) is 6.92 Å². The second-order valence-electron chi connectivity index (χ2n) is 3.75. The van der Waals surface area contributed by atoms with Crippen molar-refractivity contribution >= 4 is 17.5 Å². The summed E-state index contributed by atoms with van der Waals surface area (Å²) in [6, 6.07) is 5.10. The van der Waals surface area contributed by atoms with E-state index < -0.39 is 0 Å². The fourth-order valence-corrected chi connectivity index (χ4v) is 1.44. The molecule has 0 atom stereocenters. The molecule has 2 rings (SSSR count). The van der Waals surface area contributed by atoms with Crippen molar-refractivity contribution in [3.05, 3.63) is 35.8 Å². The Labute approximate surface area is 104 Å². The number of aryl methyl sites for hydroxylation is 1. The third-order valence-electron chi connectivity index (χ3n) is 2.24. The van der Waals surface area contributed by atoms with Crippen molar-refractivity contribution in [2.24, 2.45) is 0 Å². The minimum Gasteiger partial charge on any atom is -0.384 e. The van der Waals surface area contributed by atoms with Gasteiger partial charge in [0.05, 0.1) is 17.6 Å². The van der Waals surface area contributed by atoms with E-state index in [9.17, 15) is 4.79 Å². The van der Waals surface area contributed by atoms with Crippen LogP contribution < -0.4 is 10.6 Å². The lowest BCUT2D eigenvalue weighted by molar-refractivity contribution is 0.101. The van der Waals surface area contributed by atoms with E-state index >= 15 is 0 Å². The maximum atomic E-state index is 11.8. The number of amides is 1. The highest BCUT2D eigenvalue weighted by molar-refractivity contribution is 6.02. The number of hydrogen-bond acceptors (Lipinski definition) is 5. The van der Waals surface area contributed by atoms with Crippen LogP contribution in [-0.2, 0) is 0 Å². The molecule has 0 aliphatic rings. The minimum absolute atomic E-state index is 0.315. The maximum Gasteiger partial charge on any atom is 0.276 e. The third kappa shape index (κ3) is 2.85. The van der Waals surface area contributed by atoms with E-state index in [1.165, 1.54) is 0 Å². The number of rotatable bonds is 4. The zero-order chi connectivity index (χ0) is 13.0. The molecule has 0 unspecified atom stereocenters. The molecule has 0 saturated carbocycles. The van der Waals surface area contributed by atoms with Crippen LogP contribution >= 0.6 is 0 Å². The first-order chi connectivity index (χ1) is 8.69. The number of carbonyl (C=O) groups is 1. The van der Waals surface area contributed by atoms with E-state index in [0.717, 1.165) is 12.2 Å². The van der Waals surface area contributed by atoms with Gasteiger partial charge in [-0.05, 0) is 26.0 Å². The molecule has 2 aromatic rings.